The quantitative estimate of drug-likeness (QED) is 0.803. The largest absolute Gasteiger partial charge is 0.389 e. The molecule has 2 fully saturated rings. The summed E-state index contributed by atoms with van der Waals surface area (Å²) in [6, 6.07) is 0.171. The highest BCUT2D eigenvalue weighted by Gasteiger charge is 2.33. The van der Waals surface area contributed by atoms with E-state index in [0.29, 0.717) is 18.4 Å². The molecule has 0 radical (unpaired) electrons. The maximum absolute atomic E-state index is 12.6. The van der Waals surface area contributed by atoms with Crippen molar-refractivity contribution in [1.82, 2.24) is 9.80 Å². The van der Waals surface area contributed by atoms with Gasteiger partial charge in [0.25, 0.3) is 0 Å². The molecule has 0 spiro atoms. The number of hydrogen-bond donors (Lipinski definition) is 2. The van der Waals surface area contributed by atoms with Crippen LogP contribution in [0.25, 0.3) is 0 Å². The number of hydrogen-bond acceptors (Lipinski definition) is 4. The van der Waals surface area contributed by atoms with Crippen molar-refractivity contribution in [3.63, 3.8) is 0 Å². The van der Waals surface area contributed by atoms with Gasteiger partial charge in [-0.1, -0.05) is 6.92 Å². The minimum Gasteiger partial charge on any atom is -0.389 e. The maximum atomic E-state index is 12.6. The number of amides is 1. The highest BCUT2D eigenvalue weighted by atomic mass is 16.3. The molecule has 3 atom stereocenters. The van der Waals surface area contributed by atoms with Gasteiger partial charge in [-0.25, -0.2) is 0 Å². The van der Waals surface area contributed by atoms with E-state index in [0.717, 1.165) is 45.4 Å². The first-order valence-electron chi connectivity index (χ1n) is 8.25. The summed E-state index contributed by atoms with van der Waals surface area (Å²) in [5.74, 6) is 0.954. The van der Waals surface area contributed by atoms with Crippen LogP contribution in [0.4, 0.5) is 0 Å². The Hall–Kier alpha value is -0.650. The lowest BCUT2D eigenvalue weighted by Gasteiger charge is -2.40. The molecule has 1 saturated carbocycles. The van der Waals surface area contributed by atoms with Gasteiger partial charge >= 0.3 is 0 Å². The van der Waals surface area contributed by atoms with Crippen molar-refractivity contribution >= 4 is 5.91 Å². The fourth-order valence-electron chi connectivity index (χ4n) is 3.51. The van der Waals surface area contributed by atoms with Crippen LogP contribution in [0.2, 0.25) is 0 Å². The Morgan fingerprint density at radius 3 is 2.38 bits per heavy atom. The third-order valence-electron chi connectivity index (χ3n) is 4.90. The van der Waals surface area contributed by atoms with Gasteiger partial charge in [0.1, 0.15) is 0 Å². The SMILES string of the molecule is CC1CCC(C(=O)N2CCN(CC(C)(C)O)CC2)CC1N. The summed E-state index contributed by atoms with van der Waals surface area (Å²) in [6.07, 6.45) is 2.89. The minimum atomic E-state index is -0.668. The second-order valence-corrected chi connectivity index (χ2v) is 7.56. The molecule has 1 heterocycles. The Kier molecular flexibility index (Phi) is 5.28. The number of nitrogens with zero attached hydrogens (tertiary/aromatic N) is 2. The summed E-state index contributed by atoms with van der Waals surface area (Å²) in [6.45, 7) is 9.76. The molecular weight excluding hydrogens is 266 g/mol. The van der Waals surface area contributed by atoms with E-state index in [-0.39, 0.29) is 12.0 Å². The molecule has 3 unspecified atom stereocenters. The fraction of sp³-hybridized carbons (Fsp3) is 0.938. The second-order valence-electron chi connectivity index (χ2n) is 7.56. The molecule has 1 amide bonds. The predicted molar refractivity (Wildman–Crippen MR) is 83.8 cm³/mol. The maximum Gasteiger partial charge on any atom is 0.225 e. The Morgan fingerprint density at radius 2 is 1.86 bits per heavy atom. The van der Waals surface area contributed by atoms with E-state index in [2.05, 4.69) is 11.8 Å². The van der Waals surface area contributed by atoms with Crippen LogP contribution in [-0.2, 0) is 4.79 Å². The topological polar surface area (TPSA) is 69.8 Å². The number of β-amino-alcohol motifs (C(OH)–C–C–N with tert-alkyl or cyclic N) is 1. The van der Waals surface area contributed by atoms with E-state index in [1.807, 2.05) is 18.7 Å². The molecule has 21 heavy (non-hydrogen) atoms. The van der Waals surface area contributed by atoms with E-state index in [9.17, 15) is 9.90 Å². The average molecular weight is 297 g/mol. The lowest BCUT2D eigenvalue weighted by atomic mass is 9.79. The van der Waals surface area contributed by atoms with Crippen LogP contribution in [0.15, 0.2) is 0 Å². The minimum absolute atomic E-state index is 0.122. The third-order valence-corrected chi connectivity index (χ3v) is 4.90. The molecule has 0 bridgehead atoms. The number of piperazine rings is 1. The van der Waals surface area contributed by atoms with Crippen LogP contribution < -0.4 is 5.73 Å². The lowest BCUT2D eigenvalue weighted by Crippen LogP contribution is -2.54. The van der Waals surface area contributed by atoms with Crippen molar-refractivity contribution in [1.29, 1.82) is 0 Å². The predicted octanol–water partition coefficient (Wildman–Crippen LogP) is 0.665. The van der Waals surface area contributed by atoms with Gasteiger partial charge in [0.15, 0.2) is 0 Å². The number of rotatable bonds is 3. The van der Waals surface area contributed by atoms with Gasteiger partial charge in [-0.05, 0) is 39.0 Å². The first kappa shape index (κ1) is 16.7. The lowest BCUT2D eigenvalue weighted by molar-refractivity contribution is -0.139. The van der Waals surface area contributed by atoms with Gasteiger partial charge < -0.3 is 15.7 Å². The number of carbonyl (C=O) groups excluding carboxylic acids is 1. The highest BCUT2D eigenvalue weighted by molar-refractivity contribution is 5.79. The number of carbonyl (C=O) groups is 1. The van der Waals surface area contributed by atoms with Crippen molar-refractivity contribution in [3.05, 3.63) is 0 Å². The standard InChI is InChI=1S/C16H31N3O2/c1-12-4-5-13(10-14(12)17)15(20)19-8-6-18(7-9-19)11-16(2,3)21/h12-14,21H,4-11,17H2,1-3H3. The molecule has 3 N–H and O–H groups in total. The van der Waals surface area contributed by atoms with E-state index in [4.69, 9.17) is 5.73 Å². The summed E-state index contributed by atoms with van der Waals surface area (Å²) in [5.41, 5.74) is 5.45. The smallest absolute Gasteiger partial charge is 0.225 e. The van der Waals surface area contributed by atoms with Gasteiger partial charge in [-0.15, -0.1) is 0 Å². The summed E-state index contributed by atoms with van der Waals surface area (Å²) in [4.78, 5) is 16.8. The number of aliphatic hydroxyl groups is 1. The Balaban J connectivity index is 1.81. The Labute approximate surface area is 128 Å². The average Bonchev–Trinajstić information content (AvgIpc) is 2.40. The van der Waals surface area contributed by atoms with E-state index >= 15 is 0 Å². The van der Waals surface area contributed by atoms with Crippen LogP contribution >= 0.6 is 0 Å². The van der Waals surface area contributed by atoms with Crippen molar-refractivity contribution < 1.29 is 9.90 Å². The van der Waals surface area contributed by atoms with Crippen LogP contribution in [0.3, 0.4) is 0 Å². The zero-order chi connectivity index (χ0) is 15.6. The Morgan fingerprint density at radius 1 is 1.24 bits per heavy atom. The van der Waals surface area contributed by atoms with Crippen LogP contribution in [0.1, 0.15) is 40.0 Å². The van der Waals surface area contributed by atoms with Crippen molar-refractivity contribution in [3.8, 4) is 0 Å². The molecule has 2 aliphatic rings. The molecule has 1 saturated heterocycles. The van der Waals surface area contributed by atoms with Crippen LogP contribution in [0.5, 0.6) is 0 Å². The van der Waals surface area contributed by atoms with Crippen molar-refractivity contribution in [2.45, 2.75) is 51.7 Å². The van der Waals surface area contributed by atoms with E-state index in [1.54, 1.807) is 0 Å². The normalized spacial score (nSPS) is 32.2. The molecule has 5 nitrogen and oxygen atoms in total. The summed E-state index contributed by atoms with van der Waals surface area (Å²) in [5, 5.41) is 9.87. The molecule has 2 rings (SSSR count). The van der Waals surface area contributed by atoms with Crippen LogP contribution in [-0.4, -0.2) is 65.2 Å². The molecule has 0 aromatic rings. The summed E-state index contributed by atoms with van der Waals surface area (Å²) in [7, 11) is 0. The van der Waals surface area contributed by atoms with Gasteiger partial charge in [0.05, 0.1) is 5.60 Å². The third kappa shape index (κ3) is 4.66. The molecular formula is C16H31N3O2. The summed E-state index contributed by atoms with van der Waals surface area (Å²) < 4.78 is 0. The van der Waals surface area contributed by atoms with Crippen molar-refractivity contribution in [2.75, 3.05) is 32.7 Å². The molecule has 0 aromatic heterocycles. The van der Waals surface area contributed by atoms with Crippen molar-refractivity contribution in [2.24, 2.45) is 17.6 Å². The molecule has 0 aromatic carbocycles. The fourth-order valence-corrected chi connectivity index (χ4v) is 3.51. The number of nitrogens with two attached hydrogens (primary N) is 1. The van der Waals surface area contributed by atoms with Gasteiger partial charge in [0.2, 0.25) is 5.91 Å². The monoisotopic (exact) mass is 297 g/mol. The summed E-state index contributed by atoms with van der Waals surface area (Å²) >= 11 is 0. The van der Waals surface area contributed by atoms with Crippen LogP contribution in [0, 0.1) is 11.8 Å². The van der Waals surface area contributed by atoms with Gasteiger partial charge in [0, 0.05) is 44.7 Å². The first-order chi connectivity index (χ1) is 9.76. The molecule has 122 valence electrons. The zero-order valence-electron chi connectivity index (χ0n) is 13.7. The molecule has 1 aliphatic carbocycles. The highest BCUT2D eigenvalue weighted by Crippen LogP contribution is 2.29. The first-order valence-corrected chi connectivity index (χ1v) is 8.25. The second kappa shape index (κ2) is 6.63. The van der Waals surface area contributed by atoms with E-state index in [1.165, 1.54) is 0 Å². The van der Waals surface area contributed by atoms with Gasteiger partial charge in [-0.3, -0.25) is 9.69 Å². The zero-order valence-corrected chi connectivity index (χ0v) is 13.7. The molecule has 1 aliphatic heterocycles. The van der Waals surface area contributed by atoms with Gasteiger partial charge in [-0.2, -0.15) is 0 Å². The van der Waals surface area contributed by atoms with E-state index < -0.39 is 5.60 Å². The Bertz CT molecular complexity index is 359. The molecule has 5 heteroatoms.